The molecule has 10 heteroatoms. The van der Waals surface area contributed by atoms with Gasteiger partial charge in [0, 0.05) is 17.6 Å². The van der Waals surface area contributed by atoms with E-state index in [0.29, 0.717) is 10.6 Å². The van der Waals surface area contributed by atoms with E-state index in [0.717, 1.165) is 12.8 Å². The minimum absolute atomic E-state index is 0.0173. The molecule has 0 bridgehead atoms. The fraction of sp³-hybridized carbons (Fsp3) is 0.318. The number of sulfonamides is 1. The highest BCUT2D eigenvalue weighted by molar-refractivity contribution is 7.89. The molecule has 1 saturated carbocycles. The zero-order valence-corrected chi connectivity index (χ0v) is 19.2. The zero-order valence-electron chi connectivity index (χ0n) is 17.7. The van der Waals surface area contributed by atoms with E-state index in [9.17, 15) is 13.2 Å². The summed E-state index contributed by atoms with van der Waals surface area (Å²) in [6, 6.07) is 12.9. The molecule has 0 spiro atoms. The molecule has 32 heavy (non-hydrogen) atoms. The van der Waals surface area contributed by atoms with Crippen LogP contribution in [0.2, 0.25) is 5.02 Å². The van der Waals surface area contributed by atoms with Gasteiger partial charge < -0.3 is 9.32 Å². The number of carbonyl (C=O) groups excluding carboxylic acids is 1. The van der Waals surface area contributed by atoms with Crippen molar-refractivity contribution < 1.29 is 17.6 Å². The second-order valence-corrected chi connectivity index (χ2v) is 10.1. The van der Waals surface area contributed by atoms with Crippen LogP contribution in [0.3, 0.4) is 0 Å². The SMILES string of the molecule is CC(C)N(Cc1nnc(-c2ccccc2Cl)o1)C(=O)c1cccc(S(=O)(=O)NC2CC2)c1. The molecule has 4 rings (SSSR count). The van der Waals surface area contributed by atoms with Gasteiger partial charge in [-0.3, -0.25) is 4.79 Å². The Morgan fingerprint density at radius 3 is 2.62 bits per heavy atom. The molecule has 0 atom stereocenters. The van der Waals surface area contributed by atoms with Gasteiger partial charge in [-0.15, -0.1) is 10.2 Å². The van der Waals surface area contributed by atoms with Crippen LogP contribution in [0.25, 0.3) is 11.5 Å². The Balaban J connectivity index is 1.55. The van der Waals surface area contributed by atoms with Crippen molar-refractivity contribution in [3.63, 3.8) is 0 Å². The lowest BCUT2D eigenvalue weighted by Crippen LogP contribution is -2.36. The van der Waals surface area contributed by atoms with Crippen molar-refractivity contribution >= 4 is 27.5 Å². The van der Waals surface area contributed by atoms with Crippen LogP contribution < -0.4 is 4.72 Å². The van der Waals surface area contributed by atoms with Crippen LogP contribution >= 0.6 is 11.6 Å². The third-order valence-corrected chi connectivity index (χ3v) is 6.90. The van der Waals surface area contributed by atoms with Gasteiger partial charge in [0.15, 0.2) is 0 Å². The van der Waals surface area contributed by atoms with Crippen molar-refractivity contribution in [3.8, 4) is 11.5 Å². The molecule has 1 aromatic heterocycles. The smallest absolute Gasteiger partial charge is 0.254 e. The van der Waals surface area contributed by atoms with Gasteiger partial charge in [-0.2, -0.15) is 0 Å². The number of carbonyl (C=O) groups is 1. The maximum Gasteiger partial charge on any atom is 0.254 e. The summed E-state index contributed by atoms with van der Waals surface area (Å²) >= 11 is 6.20. The minimum atomic E-state index is -3.66. The van der Waals surface area contributed by atoms with Crippen LogP contribution in [0.5, 0.6) is 0 Å². The number of amides is 1. The molecule has 8 nitrogen and oxygen atoms in total. The summed E-state index contributed by atoms with van der Waals surface area (Å²) in [7, 11) is -3.66. The van der Waals surface area contributed by atoms with E-state index in [1.54, 1.807) is 35.2 Å². The number of rotatable bonds is 8. The third kappa shape index (κ3) is 5.01. The van der Waals surface area contributed by atoms with Crippen molar-refractivity contribution in [2.45, 2.75) is 50.2 Å². The standard InChI is InChI=1S/C22H23ClN4O4S/c1-14(2)27(13-20-24-25-21(31-20)18-8-3-4-9-19(18)23)22(28)15-6-5-7-17(12-15)32(29,30)26-16-10-11-16/h3-9,12,14,16,26H,10-11,13H2,1-2H3. The molecular weight excluding hydrogens is 452 g/mol. The lowest BCUT2D eigenvalue weighted by atomic mass is 10.1. The highest BCUT2D eigenvalue weighted by atomic mass is 35.5. The fourth-order valence-electron chi connectivity index (χ4n) is 3.15. The van der Waals surface area contributed by atoms with Crippen LogP contribution in [0.4, 0.5) is 0 Å². The Morgan fingerprint density at radius 1 is 1.19 bits per heavy atom. The minimum Gasteiger partial charge on any atom is -0.419 e. The number of hydrogen-bond donors (Lipinski definition) is 1. The van der Waals surface area contributed by atoms with Crippen LogP contribution in [0.15, 0.2) is 57.8 Å². The number of benzene rings is 2. The second-order valence-electron chi connectivity index (χ2n) is 7.93. The lowest BCUT2D eigenvalue weighted by Gasteiger charge is -2.25. The maximum absolute atomic E-state index is 13.2. The van der Waals surface area contributed by atoms with Crippen LogP contribution in [0.1, 0.15) is 42.9 Å². The van der Waals surface area contributed by atoms with Gasteiger partial charge in [0.1, 0.15) is 0 Å². The number of nitrogens with zero attached hydrogens (tertiary/aromatic N) is 3. The van der Waals surface area contributed by atoms with E-state index >= 15 is 0 Å². The van der Waals surface area contributed by atoms with Gasteiger partial charge >= 0.3 is 0 Å². The number of halogens is 1. The van der Waals surface area contributed by atoms with E-state index in [2.05, 4.69) is 14.9 Å². The van der Waals surface area contributed by atoms with Crippen molar-refractivity contribution in [2.24, 2.45) is 0 Å². The normalized spacial score (nSPS) is 14.0. The zero-order chi connectivity index (χ0) is 22.9. The Bertz CT molecular complexity index is 1240. The summed E-state index contributed by atoms with van der Waals surface area (Å²) < 4.78 is 33.4. The van der Waals surface area contributed by atoms with Crippen molar-refractivity contribution in [3.05, 3.63) is 65.0 Å². The number of hydrogen-bond acceptors (Lipinski definition) is 6. The first-order chi connectivity index (χ1) is 15.2. The predicted octanol–water partition coefficient (Wildman–Crippen LogP) is 3.88. The Kier molecular flexibility index (Phi) is 6.32. The molecule has 168 valence electrons. The molecule has 1 aliphatic carbocycles. The summed E-state index contributed by atoms with van der Waals surface area (Å²) in [5, 5.41) is 8.58. The van der Waals surface area contributed by atoms with Crippen molar-refractivity contribution in [2.75, 3.05) is 0 Å². The van der Waals surface area contributed by atoms with E-state index in [-0.39, 0.29) is 46.8 Å². The summed E-state index contributed by atoms with van der Waals surface area (Å²) in [6.07, 6.45) is 1.67. The number of nitrogens with one attached hydrogen (secondary N) is 1. The van der Waals surface area contributed by atoms with Crippen molar-refractivity contribution in [1.82, 2.24) is 19.8 Å². The Labute approximate surface area is 191 Å². The Hall–Kier alpha value is -2.75. The highest BCUT2D eigenvalue weighted by Gasteiger charge is 2.29. The van der Waals surface area contributed by atoms with Gasteiger partial charge in [-0.05, 0) is 57.0 Å². The topological polar surface area (TPSA) is 105 Å². The molecule has 1 amide bonds. The van der Waals surface area contributed by atoms with Crippen LogP contribution in [-0.2, 0) is 16.6 Å². The predicted molar refractivity (Wildman–Crippen MR) is 120 cm³/mol. The molecule has 0 radical (unpaired) electrons. The molecule has 1 N–H and O–H groups in total. The van der Waals surface area contributed by atoms with Gasteiger partial charge in [0.2, 0.25) is 21.8 Å². The first-order valence-electron chi connectivity index (χ1n) is 10.3. The van der Waals surface area contributed by atoms with Crippen LogP contribution in [-0.4, -0.2) is 41.5 Å². The summed E-state index contributed by atoms with van der Waals surface area (Å²) in [6.45, 7) is 3.79. The second kappa shape index (κ2) is 9.01. The average molecular weight is 475 g/mol. The molecule has 0 aliphatic heterocycles. The third-order valence-electron chi connectivity index (χ3n) is 5.05. The van der Waals surface area contributed by atoms with E-state index in [4.69, 9.17) is 16.0 Å². The average Bonchev–Trinajstić information content (AvgIpc) is 3.44. The van der Waals surface area contributed by atoms with Gasteiger partial charge in [0.25, 0.3) is 5.91 Å². The van der Waals surface area contributed by atoms with E-state index < -0.39 is 10.0 Å². The number of aromatic nitrogens is 2. The molecule has 2 aromatic carbocycles. The van der Waals surface area contributed by atoms with Gasteiger partial charge in [-0.25, -0.2) is 13.1 Å². The molecular formula is C22H23ClN4O4S. The fourth-order valence-corrected chi connectivity index (χ4v) is 4.71. The first kappa shape index (κ1) is 22.4. The van der Waals surface area contributed by atoms with E-state index in [1.807, 2.05) is 19.9 Å². The van der Waals surface area contributed by atoms with Gasteiger partial charge in [-0.1, -0.05) is 29.8 Å². The molecule has 3 aromatic rings. The largest absolute Gasteiger partial charge is 0.419 e. The Morgan fingerprint density at radius 2 is 1.94 bits per heavy atom. The van der Waals surface area contributed by atoms with E-state index in [1.165, 1.54) is 12.1 Å². The molecule has 1 fully saturated rings. The molecule has 1 aliphatic rings. The molecule has 0 saturated heterocycles. The molecule has 0 unspecified atom stereocenters. The quantitative estimate of drug-likeness (QED) is 0.531. The lowest BCUT2D eigenvalue weighted by molar-refractivity contribution is 0.0672. The highest BCUT2D eigenvalue weighted by Crippen LogP contribution is 2.27. The monoisotopic (exact) mass is 474 g/mol. The van der Waals surface area contributed by atoms with Crippen LogP contribution in [0, 0.1) is 0 Å². The first-order valence-corrected chi connectivity index (χ1v) is 12.1. The summed E-state index contributed by atoms with van der Waals surface area (Å²) in [4.78, 5) is 14.8. The maximum atomic E-state index is 13.2. The molecule has 1 heterocycles. The van der Waals surface area contributed by atoms with Gasteiger partial charge in [0.05, 0.1) is 22.0 Å². The van der Waals surface area contributed by atoms with Crippen molar-refractivity contribution in [1.29, 1.82) is 0 Å². The summed E-state index contributed by atoms with van der Waals surface area (Å²) in [5.41, 5.74) is 0.875. The summed E-state index contributed by atoms with van der Waals surface area (Å²) in [5.74, 6) is 0.183.